The number of benzene rings is 1. The molecule has 6 nitrogen and oxygen atoms in total. The standard InChI is InChI=1S/C23H28N2O4/c1-15-8-9-19-18(13-28-21(19)16(15)2)12-20(26)29-17(3)22(27)25(4)23(14-24)10-6-5-7-11-23/h8-9,13,17H,5-7,10-12H2,1-4H3/t17-/m0/s1. The van der Waals surface area contributed by atoms with Crippen LogP contribution in [-0.2, 0) is 20.7 Å². The molecule has 2 aromatic rings. The second-order valence-electron chi connectivity index (χ2n) is 8.06. The van der Waals surface area contributed by atoms with Gasteiger partial charge >= 0.3 is 5.97 Å². The smallest absolute Gasteiger partial charge is 0.311 e. The molecule has 1 saturated carbocycles. The molecule has 0 spiro atoms. The van der Waals surface area contributed by atoms with Crippen LogP contribution in [0.2, 0.25) is 0 Å². The number of carbonyl (C=O) groups is 2. The molecule has 29 heavy (non-hydrogen) atoms. The summed E-state index contributed by atoms with van der Waals surface area (Å²) in [6.45, 7) is 5.55. The first-order valence-electron chi connectivity index (χ1n) is 10.1. The van der Waals surface area contributed by atoms with Gasteiger partial charge in [0.25, 0.3) is 5.91 Å². The van der Waals surface area contributed by atoms with Gasteiger partial charge in [0.15, 0.2) is 6.10 Å². The Morgan fingerprint density at radius 1 is 1.28 bits per heavy atom. The third-order valence-corrected chi connectivity index (χ3v) is 6.19. The Balaban J connectivity index is 1.67. The molecule has 1 fully saturated rings. The zero-order valence-corrected chi connectivity index (χ0v) is 17.6. The van der Waals surface area contributed by atoms with Crippen molar-refractivity contribution in [3.8, 4) is 6.07 Å². The molecule has 0 radical (unpaired) electrons. The number of nitrogens with zero attached hydrogens (tertiary/aromatic N) is 2. The quantitative estimate of drug-likeness (QED) is 0.707. The minimum absolute atomic E-state index is 0.0280. The fraction of sp³-hybridized carbons (Fsp3) is 0.522. The zero-order chi connectivity index (χ0) is 21.2. The van der Waals surface area contributed by atoms with Crippen molar-refractivity contribution in [3.05, 3.63) is 35.1 Å². The van der Waals surface area contributed by atoms with Crippen LogP contribution in [-0.4, -0.2) is 35.5 Å². The van der Waals surface area contributed by atoms with Gasteiger partial charge in [0.1, 0.15) is 11.1 Å². The maximum atomic E-state index is 12.8. The number of esters is 1. The highest BCUT2D eigenvalue weighted by Crippen LogP contribution is 2.33. The second-order valence-corrected chi connectivity index (χ2v) is 8.06. The van der Waals surface area contributed by atoms with E-state index in [-0.39, 0.29) is 12.3 Å². The number of fused-ring (bicyclic) bond motifs is 1. The molecular formula is C23H28N2O4. The Morgan fingerprint density at radius 2 is 1.97 bits per heavy atom. The van der Waals surface area contributed by atoms with Crippen LogP contribution in [0, 0.1) is 25.2 Å². The second kappa shape index (κ2) is 8.28. The average Bonchev–Trinajstić information content (AvgIpc) is 3.13. The molecule has 1 amide bonds. The van der Waals surface area contributed by atoms with Crippen molar-refractivity contribution < 1.29 is 18.7 Å². The van der Waals surface area contributed by atoms with Crippen molar-refractivity contribution >= 4 is 22.8 Å². The Hall–Kier alpha value is -2.81. The molecule has 0 saturated heterocycles. The van der Waals surface area contributed by atoms with E-state index in [1.807, 2.05) is 26.0 Å². The molecule has 0 N–H and O–H groups in total. The minimum Gasteiger partial charge on any atom is -0.464 e. The Bertz CT molecular complexity index is 963. The normalized spacial score (nSPS) is 16.8. The fourth-order valence-corrected chi connectivity index (χ4v) is 4.11. The van der Waals surface area contributed by atoms with E-state index >= 15 is 0 Å². The zero-order valence-electron chi connectivity index (χ0n) is 17.6. The summed E-state index contributed by atoms with van der Waals surface area (Å²) < 4.78 is 11.0. The lowest BCUT2D eigenvalue weighted by Gasteiger charge is -2.39. The van der Waals surface area contributed by atoms with Gasteiger partial charge in [0, 0.05) is 18.0 Å². The molecule has 1 heterocycles. The molecule has 1 aliphatic rings. The van der Waals surface area contributed by atoms with Crippen LogP contribution in [0.3, 0.4) is 0 Å². The number of rotatable bonds is 5. The molecule has 3 rings (SSSR count). The van der Waals surface area contributed by atoms with Gasteiger partial charge in [-0.1, -0.05) is 31.4 Å². The lowest BCUT2D eigenvalue weighted by atomic mass is 9.81. The van der Waals surface area contributed by atoms with Crippen LogP contribution in [0.25, 0.3) is 11.0 Å². The van der Waals surface area contributed by atoms with Crippen LogP contribution >= 0.6 is 0 Å². The molecule has 1 atom stereocenters. The van der Waals surface area contributed by atoms with Crippen LogP contribution in [0.15, 0.2) is 22.8 Å². The maximum Gasteiger partial charge on any atom is 0.311 e. The van der Waals surface area contributed by atoms with E-state index in [1.54, 1.807) is 20.2 Å². The van der Waals surface area contributed by atoms with Crippen molar-refractivity contribution in [2.24, 2.45) is 0 Å². The van der Waals surface area contributed by atoms with Crippen LogP contribution < -0.4 is 0 Å². The summed E-state index contributed by atoms with van der Waals surface area (Å²) in [5, 5.41) is 10.6. The number of ether oxygens (including phenoxy) is 1. The molecule has 1 aromatic heterocycles. The van der Waals surface area contributed by atoms with E-state index in [4.69, 9.17) is 9.15 Å². The number of hydrogen-bond acceptors (Lipinski definition) is 5. The van der Waals surface area contributed by atoms with E-state index < -0.39 is 17.6 Å². The van der Waals surface area contributed by atoms with Crippen molar-refractivity contribution in [1.29, 1.82) is 5.26 Å². The molecule has 6 heteroatoms. The lowest BCUT2D eigenvalue weighted by molar-refractivity contribution is -0.160. The van der Waals surface area contributed by atoms with Crippen molar-refractivity contribution in [2.45, 2.75) is 70.9 Å². The topological polar surface area (TPSA) is 83.5 Å². The highest BCUT2D eigenvalue weighted by molar-refractivity contribution is 5.89. The summed E-state index contributed by atoms with van der Waals surface area (Å²) >= 11 is 0. The highest BCUT2D eigenvalue weighted by Gasteiger charge is 2.40. The number of likely N-dealkylation sites (N-methyl/N-ethyl adjacent to an activating group) is 1. The minimum atomic E-state index is -0.943. The summed E-state index contributed by atoms with van der Waals surface area (Å²) in [5.74, 6) is -0.833. The van der Waals surface area contributed by atoms with E-state index in [9.17, 15) is 14.9 Å². The highest BCUT2D eigenvalue weighted by atomic mass is 16.5. The first kappa shape index (κ1) is 20.9. The first-order valence-corrected chi connectivity index (χ1v) is 10.1. The van der Waals surface area contributed by atoms with Gasteiger partial charge in [0.05, 0.1) is 18.8 Å². The summed E-state index contributed by atoms with van der Waals surface area (Å²) in [6, 6.07) is 6.26. The summed E-state index contributed by atoms with van der Waals surface area (Å²) in [7, 11) is 1.63. The summed E-state index contributed by atoms with van der Waals surface area (Å²) in [4.78, 5) is 26.8. The third kappa shape index (κ3) is 4.00. The number of aryl methyl sites for hydroxylation is 2. The monoisotopic (exact) mass is 396 g/mol. The lowest BCUT2D eigenvalue weighted by Crippen LogP contribution is -2.53. The van der Waals surface area contributed by atoms with Gasteiger partial charge in [-0.05, 0) is 44.7 Å². The first-order chi connectivity index (χ1) is 13.8. The van der Waals surface area contributed by atoms with Crippen LogP contribution in [0.5, 0.6) is 0 Å². The SMILES string of the molecule is Cc1ccc2c(CC(=O)O[C@@H](C)C(=O)N(C)C3(C#N)CCCCC3)coc2c1C. The third-order valence-electron chi connectivity index (χ3n) is 6.19. The molecule has 0 aliphatic heterocycles. The predicted molar refractivity (Wildman–Crippen MR) is 109 cm³/mol. The summed E-state index contributed by atoms with van der Waals surface area (Å²) in [5.41, 5.74) is 2.87. The molecule has 1 aromatic carbocycles. The number of amides is 1. The van der Waals surface area contributed by atoms with E-state index in [2.05, 4.69) is 6.07 Å². The molecule has 0 bridgehead atoms. The molecule has 0 unspecified atom stereocenters. The van der Waals surface area contributed by atoms with Crippen molar-refractivity contribution in [1.82, 2.24) is 4.90 Å². The Kier molecular flexibility index (Phi) is 5.97. The van der Waals surface area contributed by atoms with Crippen molar-refractivity contribution in [3.63, 3.8) is 0 Å². The van der Waals surface area contributed by atoms with E-state index in [1.165, 1.54) is 4.90 Å². The summed E-state index contributed by atoms with van der Waals surface area (Å²) in [6.07, 6.45) is 4.90. The average molecular weight is 396 g/mol. The van der Waals surface area contributed by atoms with Gasteiger partial charge < -0.3 is 14.1 Å². The van der Waals surface area contributed by atoms with Gasteiger partial charge in [-0.3, -0.25) is 9.59 Å². The fourth-order valence-electron chi connectivity index (χ4n) is 4.11. The van der Waals surface area contributed by atoms with E-state index in [0.717, 1.165) is 46.9 Å². The number of hydrogen-bond donors (Lipinski definition) is 0. The van der Waals surface area contributed by atoms with E-state index in [0.29, 0.717) is 12.8 Å². The van der Waals surface area contributed by atoms with Crippen LogP contribution in [0.1, 0.15) is 55.7 Å². The molecular weight excluding hydrogens is 368 g/mol. The predicted octanol–water partition coefficient (Wildman–Crippen LogP) is 4.21. The number of carbonyl (C=O) groups excluding carboxylic acids is 2. The van der Waals surface area contributed by atoms with Gasteiger partial charge in [0.2, 0.25) is 0 Å². The van der Waals surface area contributed by atoms with Gasteiger partial charge in [-0.25, -0.2) is 0 Å². The maximum absolute atomic E-state index is 12.8. The number of furan rings is 1. The largest absolute Gasteiger partial charge is 0.464 e. The Labute approximate surface area is 171 Å². The molecule has 154 valence electrons. The van der Waals surface area contributed by atoms with Gasteiger partial charge in [-0.2, -0.15) is 5.26 Å². The van der Waals surface area contributed by atoms with Gasteiger partial charge in [-0.15, -0.1) is 0 Å². The van der Waals surface area contributed by atoms with Crippen molar-refractivity contribution in [2.75, 3.05) is 7.05 Å². The Morgan fingerprint density at radius 3 is 2.62 bits per heavy atom. The number of nitriles is 1. The molecule has 1 aliphatic carbocycles. The van der Waals surface area contributed by atoms with Crippen LogP contribution in [0.4, 0.5) is 0 Å².